The zero-order chi connectivity index (χ0) is 9.97. The van der Waals surface area contributed by atoms with Gasteiger partial charge in [0.05, 0.1) is 6.54 Å². The second-order valence-corrected chi connectivity index (χ2v) is 4.24. The second-order valence-electron chi connectivity index (χ2n) is 4.24. The fraction of sp³-hybridized carbons (Fsp3) is 0.636. The average molecular weight is 194 g/mol. The van der Waals surface area contributed by atoms with Gasteiger partial charge in [-0.25, -0.2) is 0 Å². The summed E-state index contributed by atoms with van der Waals surface area (Å²) in [7, 11) is 0. The number of nitrogens with two attached hydrogens (primary N) is 1. The minimum absolute atomic E-state index is 0.452. The van der Waals surface area contributed by atoms with Crippen LogP contribution in [0.3, 0.4) is 0 Å². The molecule has 1 heterocycles. The van der Waals surface area contributed by atoms with Crippen molar-refractivity contribution in [2.24, 2.45) is 11.7 Å². The molecule has 1 aliphatic rings. The number of furan rings is 1. The van der Waals surface area contributed by atoms with Crippen LogP contribution in [0.4, 0.5) is 0 Å². The van der Waals surface area contributed by atoms with Gasteiger partial charge in [0, 0.05) is 6.04 Å². The van der Waals surface area contributed by atoms with E-state index in [0.29, 0.717) is 6.04 Å². The molecule has 78 valence electrons. The van der Waals surface area contributed by atoms with Crippen molar-refractivity contribution in [1.82, 2.24) is 5.32 Å². The average Bonchev–Trinajstić information content (AvgIpc) is 2.48. The maximum absolute atomic E-state index is 5.71. The molecule has 1 saturated carbocycles. The quantitative estimate of drug-likeness (QED) is 0.762. The SMILES string of the molecule is Cc1ccc(CNCC2CC(N)C2)o1. The Hall–Kier alpha value is -0.800. The smallest absolute Gasteiger partial charge is 0.117 e. The van der Waals surface area contributed by atoms with Crippen molar-refractivity contribution >= 4 is 0 Å². The third-order valence-electron chi connectivity index (χ3n) is 2.80. The molecule has 0 bridgehead atoms. The summed E-state index contributed by atoms with van der Waals surface area (Å²) in [5, 5.41) is 3.39. The maximum atomic E-state index is 5.71. The monoisotopic (exact) mass is 194 g/mol. The third-order valence-corrected chi connectivity index (χ3v) is 2.80. The van der Waals surface area contributed by atoms with Crippen molar-refractivity contribution < 1.29 is 4.42 Å². The molecule has 0 saturated heterocycles. The van der Waals surface area contributed by atoms with Crippen LogP contribution in [0.25, 0.3) is 0 Å². The first-order valence-electron chi connectivity index (χ1n) is 5.25. The van der Waals surface area contributed by atoms with Gasteiger partial charge in [-0.2, -0.15) is 0 Å². The first-order valence-corrected chi connectivity index (χ1v) is 5.25. The van der Waals surface area contributed by atoms with E-state index in [1.165, 1.54) is 12.8 Å². The Bertz CT molecular complexity index is 289. The molecular weight excluding hydrogens is 176 g/mol. The normalized spacial score (nSPS) is 26.1. The van der Waals surface area contributed by atoms with Crippen LogP contribution >= 0.6 is 0 Å². The van der Waals surface area contributed by atoms with Crippen LogP contribution < -0.4 is 11.1 Å². The Morgan fingerprint density at radius 1 is 1.50 bits per heavy atom. The van der Waals surface area contributed by atoms with Crippen LogP contribution in [0.15, 0.2) is 16.5 Å². The highest BCUT2D eigenvalue weighted by Crippen LogP contribution is 2.24. The van der Waals surface area contributed by atoms with Crippen LogP contribution in [0.1, 0.15) is 24.4 Å². The van der Waals surface area contributed by atoms with Gasteiger partial charge in [0.2, 0.25) is 0 Å². The molecule has 1 aromatic heterocycles. The fourth-order valence-corrected chi connectivity index (χ4v) is 1.93. The lowest BCUT2D eigenvalue weighted by molar-refractivity contribution is 0.253. The van der Waals surface area contributed by atoms with E-state index >= 15 is 0 Å². The highest BCUT2D eigenvalue weighted by molar-refractivity contribution is 5.05. The summed E-state index contributed by atoms with van der Waals surface area (Å²) in [6.07, 6.45) is 2.34. The van der Waals surface area contributed by atoms with E-state index in [-0.39, 0.29) is 0 Å². The van der Waals surface area contributed by atoms with Crippen LogP contribution in [-0.4, -0.2) is 12.6 Å². The van der Waals surface area contributed by atoms with Gasteiger partial charge in [0.1, 0.15) is 11.5 Å². The Balaban J connectivity index is 1.63. The first-order chi connectivity index (χ1) is 6.74. The number of hydrogen-bond acceptors (Lipinski definition) is 3. The van der Waals surface area contributed by atoms with E-state index in [0.717, 1.165) is 30.5 Å². The van der Waals surface area contributed by atoms with Crippen molar-refractivity contribution in [1.29, 1.82) is 0 Å². The van der Waals surface area contributed by atoms with Crippen LogP contribution in [0.5, 0.6) is 0 Å². The Labute approximate surface area is 84.7 Å². The molecule has 1 fully saturated rings. The van der Waals surface area contributed by atoms with Gasteiger partial charge in [0.25, 0.3) is 0 Å². The third kappa shape index (κ3) is 2.36. The molecule has 3 nitrogen and oxygen atoms in total. The van der Waals surface area contributed by atoms with E-state index in [4.69, 9.17) is 10.2 Å². The summed E-state index contributed by atoms with van der Waals surface area (Å²) in [6.45, 7) is 3.86. The predicted octanol–water partition coefficient (Wildman–Crippen LogP) is 1.41. The number of rotatable bonds is 4. The molecule has 0 atom stereocenters. The van der Waals surface area contributed by atoms with Crippen molar-refractivity contribution in [2.75, 3.05) is 6.54 Å². The van der Waals surface area contributed by atoms with Crippen molar-refractivity contribution in [3.8, 4) is 0 Å². The molecule has 0 amide bonds. The van der Waals surface area contributed by atoms with Crippen molar-refractivity contribution in [2.45, 2.75) is 32.4 Å². The summed E-state index contributed by atoms with van der Waals surface area (Å²) in [6, 6.07) is 4.47. The molecule has 2 rings (SSSR count). The summed E-state index contributed by atoms with van der Waals surface area (Å²) in [5.41, 5.74) is 5.71. The number of hydrogen-bond donors (Lipinski definition) is 2. The van der Waals surface area contributed by atoms with Gasteiger partial charge in [-0.15, -0.1) is 0 Å². The molecule has 1 aromatic rings. The van der Waals surface area contributed by atoms with E-state index in [1.807, 2.05) is 19.1 Å². The molecule has 0 spiro atoms. The molecule has 1 aliphatic carbocycles. The van der Waals surface area contributed by atoms with Crippen molar-refractivity contribution in [3.63, 3.8) is 0 Å². The molecule has 14 heavy (non-hydrogen) atoms. The van der Waals surface area contributed by atoms with Crippen molar-refractivity contribution in [3.05, 3.63) is 23.7 Å². The first kappa shape index (κ1) is 9.74. The van der Waals surface area contributed by atoms with Gasteiger partial charge in [0.15, 0.2) is 0 Å². The van der Waals surface area contributed by atoms with E-state index < -0.39 is 0 Å². The molecule has 3 heteroatoms. The van der Waals surface area contributed by atoms with Gasteiger partial charge in [-0.1, -0.05) is 0 Å². The minimum Gasteiger partial charge on any atom is -0.465 e. The Morgan fingerprint density at radius 3 is 2.86 bits per heavy atom. The zero-order valence-corrected chi connectivity index (χ0v) is 8.62. The maximum Gasteiger partial charge on any atom is 0.117 e. The molecule has 0 unspecified atom stereocenters. The lowest BCUT2D eigenvalue weighted by Crippen LogP contribution is -2.41. The standard InChI is InChI=1S/C11H18N2O/c1-8-2-3-11(14-8)7-13-6-9-4-10(12)5-9/h2-3,9-10,13H,4-7,12H2,1H3. The highest BCUT2D eigenvalue weighted by Gasteiger charge is 2.24. The van der Waals surface area contributed by atoms with Crippen LogP contribution in [0.2, 0.25) is 0 Å². The van der Waals surface area contributed by atoms with Crippen LogP contribution in [0, 0.1) is 12.8 Å². The number of aryl methyl sites for hydroxylation is 1. The molecule has 0 radical (unpaired) electrons. The molecule has 0 aliphatic heterocycles. The molecule has 3 N–H and O–H groups in total. The summed E-state index contributed by atoms with van der Waals surface area (Å²) < 4.78 is 5.45. The van der Waals surface area contributed by atoms with E-state index in [1.54, 1.807) is 0 Å². The Kier molecular flexibility index (Phi) is 2.89. The van der Waals surface area contributed by atoms with Crippen LogP contribution in [-0.2, 0) is 6.54 Å². The molecular formula is C11H18N2O. The van der Waals surface area contributed by atoms with E-state index in [9.17, 15) is 0 Å². The fourth-order valence-electron chi connectivity index (χ4n) is 1.93. The lowest BCUT2D eigenvalue weighted by atomic mass is 9.81. The van der Waals surface area contributed by atoms with Gasteiger partial charge < -0.3 is 15.5 Å². The summed E-state index contributed by atoms with van der Waals surface area (Å²) >= 11 is 0. The summed E-state index contributed by atoms with van der Waals surface area (Å²) in [4.78, 5) is 0. The zero-order valence-electron chi connectivity index (χ0n) is 8.62. The van der Waals surface area contributed by atoms with Gasteiger partial charge in [-0.3, -0.25) is 0 Å². The highest BCUT2D eigenvalue weighted by atomic mass is 16.3. The predicted molar refractivity (Wildman–Crippen MR) is 55.9 cm³/mol. The molecule has 0 aromatic carbocycles. The minimum atomic E-state index is 0.452. The van der Waals surface area contributed by atoms with Gasteiger partial charge >= 0.3 is 0 Å². The topological polar surface area (TPSA) is 51.2 Å². The Morgan fingerprint density at radius 2 is 2.29 bits per heavy atom. The second kappa shape index (κ2) is 4.15. The van der Waals surface area contributed by atoms with Gasteiger partial charge in [-0.05, 0) is 44.4 Å². The summed E-state index contributed by atoms with van der Waals surface area (Å²) in [5.74, 6) is 2.78. The number of nitrogens with one attached hydrogen (secondary N) is 1. The largest absolute Gasteiger partial charge is 0.465 e. The lowest BCUT2D eigenvalue weighted by Gasteiger charge is -2.32. The van der Waals surface area contributed by atoms with E-state index in [2.05, 4.69) is 5.32 Å².